The number of hydrogen-bond donors (Lipinski definition) is 0. The molecule has 0 amide bonds. The van der Waals surface area contributed by atoms with Crippen molar-refractivity contribution >= 4 is 33.3 Å². The Morgan fingerprint density at radius 2 is 1.70 bits per heavy atom. The van der Waals surface area contributed by atoms with Crippen LogP contribution in [0.2, 0.25) is 5.02 Å². The number of hydrogen-bond acceptors (Lipinski definition) is 2. The summed E-state index contributed by atoms with van der Waals surface area (Å²) in [5, 5.41) is 8.05. The maximum absolute atomic E-state index is 6.08. The summed E-state index contributed by atoms with van der Waals surface area (Å²) in [5.74, 6) is 0.763. The number of fused-ring (bicyclic) bond motifs is 2. The van der Waals surface area contributed by atoms with Crippen molar-refractivity contribution in [1.29, 1.82) is 0 Å². The van der Waals surface area contributed by atoms with Gasteiger partial charge in [-0.1, -0.05) is 59.2 Å². The van der Waals surface area contributed by atoms with Crippen LogP contribution in [0.15, 0.2) is 65.2 Å². The fraction of sp³-hybridized carbons (Fsp3) is 0. The standard InChI is InChI=1S/C17H10ClNO/c18-12-8-9-16-15(10-12)17(20-19-16)14-7-3-5-11-4-1-2-6-13(11)14/h1-10H. The molecule has 0 aliphatic carbocycles. The lowest BCUT2D eigenvalue weighted by Gasteiger charge is -2.03. The van der Waals surface area contributed by atoms with Gasteiger partial charge in [-0.3, -0.25) is 0 Å². The number of benzene rings is 3. The highest BCUT2D eigenvalue weighted by atomic mass is 35.5. The highest BCUT2D eigenvalue weighted by molar-refractivity contribution is 6.31. The molecule has 1 heterocycles. The molecule has 2 nitrogen and oxygen atoms in total. The van der Waals surface area contributed by atoms with Gasteiger partial charge in [0.2, 0.25) is 0 Å². The highest BCUT2D eigenvalue weighted by Gasteiger charge is 2.13. The summed E-state index contributed by atoms with van der Waals surface area (Å²) in [6, 6.07) is 20.0. The maximum Gasteiger partial charge on any atom is 0.175 e. The average molecular weight is 280 g/mol. The van der Waals surface area contributed by atoms with Crippen molar-refractivity contribution in [1.82, 2.24) is 5.16 Å². The molecule has 0 saturated carbocycles. The van der Waals surface area contributed by atoms with E-state index in [0.29, 0.717) is 5.02 Å². The van der Waals surface area contributed by atoms with Gasteiger partial charge >= 0.3 is 0 Å². The zero-order valence-electron chi connectivity index (χ0n) is 10.5. The Balaban J connectivity index is 2.09. The van der Waals surface area contributed by atoms with E-state index in [1.54, 1.807) is 0 Å². The molecule has 0 unspecified atom stereocenters. The third-order valence-corrected chi connectivity index (χ3v) is 3.71. The summed E-state index contributed by atoms with van der Waals surface area (Å²) < 4.78 is 5.56. The molecule has 4 aromatic rings. The average Bonchev–Trinajstić information content (AvgIpc) is 2.89. The second-order valence-corrected chi connectivity index (χ2v) is 5.14. The molecular weight excluding hydrogens is 270 g/mol. The predicted molar refractivity (Wildman–Crippen MR) is 82.0 cm³/mol. The van der Waals surface area contributed by atoms with Crippen molar-refractivity contribution in [3.63, 3.8) is 0 Å². The number of rotatable bonds is 1. The van der Waals surface area contributed by atoms with Gasteiger partial charge in [-0.15, -0.1) is 0 Å². The van der Waals surface area contributed by atoms with Crippen molar-refractivity contribution < 1.29 is 4.52 Å². The third-order valence-electron chi connectivity index (χ3n) is 3.47. The van der Waals surface area contributed by atoms with Gasteiger partial charge < -0.3 is 4.52 Å². The molecule has 3 heteroatoms. The Bertz CT molecular complexity index is 921. The van der Waals surface area contributed by atoms with Crippen LogP contribution in [0.5, 0.6) is 0 Å². The van der Waals surface area contributed by atoms with Crippen LogP contribution in [0.4, 0.5) is 0 Å². The molecule has 0 atom stereocenters. The van der Waals surface area contributed by atoms with Crippen molar-refractivity contribution in [2.24, 2.45) is 0 Å². The lowest BCUT2D eigenvalue weighted by molar-refractivity contribution is 0.441. The van der Waals surface area contributed by atoms with Gasteiger partial charge in [-0.2, -0.15) is 0 Å². The quantitative estimate of drug-likeness (QED) is 0.472. The van der Waals surface area contributed by atoms with Gasteiger partial charge in [0, 0.05) is 10.6 Å². The molecule has 0 fully saturated rings. The Hall–Kier alpha value is -2.32. The van der Waals surface area contributed by atoms with Gasteiger partial charge in [0.1, 0.15) is 5.52 Å². The van der Waals surface area contributed by atoms with Crippen LogP contribution in [0, 0.1) is 0 Å². The van der Waals surface area contributed by atoms with E-state index in [9.17, 15) is 0 Å². The maximum atomic E-state index is 6.08. The van der Waals surface area contributed by atoms with Crippen LogP contribution in [0.3, 0.4) is 0 Å². The predicted octanol–water partition coefficient (Wildman–Crippen LogP) is 5.30. The Morgan fingerprint density at radius 1 is 0.850 bits per heavy atom. The fourth-order valence-corrected chi connectivity index (χ4v) is 2.70. The lowest BCUT2D eigenvalue weighted by atomic mass is 10.0. The van der Waals surface area contributed by atoms with Crippen molar-refractivity contribution in [3.05, 3.63) is 65.7 Å². The monoisotopic (exact) mass is 279 g/mol. The van der Waals surface area contributed by atoms with Crippen molar-refractivity contribution in [2.75, 3.05) is 0 Å². The Labute approximate surface area is 120 Å². The SMILES string of the molecule is Clc1ccc2noc(-c3cccc4ccccc34)c2c1. The van der Waals surface area contributed by atoms with E-state index in [1.165, 1.54) is 5.39 Å². The number of aromatic nitrogens is 1. The van der Waals surface area contributed by atoms with Crippen LogP contribution in [-0.4, -0.2) is 5.16 Å². The Kier molecular flexibility index (Phi) is 2.51. The van der Waals surface area contributed by atoms with Gasteiger partial charge in [-0.05, 0) is 29.0 Å². The Morgan fingerprint density at radius 3 is 2.65 bits per heavy atom. The molecule has 96 valence electrons. The molecule has 0 radical (unpaired) electrons. The second-order valence-electron chi connectivity index (χ2n) is 4.70. The van der Waals surface area contributed by atoms with E-state index < -0.39 is 0 Å². The van der Waals surface area contributed by atoms with Crippen LogP contribution in [0.1, 0.15) is 0 Å². The molecule has 0 N–H and O–H groups in total. The first-order valence-electron chi connectivity index (χ1n) is 6.36. The van der Waals surface area contributed by atoms with E-state index in [-0.39, 0.29) is 0 Å². The van der Waals surface area contributed by atoms with Crippen LogP contribution in [-0.2, 0) is 0 Å². The largest absolute Gasteiger partial charge is 0.355 e. The van der Waals surface area contributed by atoms with Crippen molar-refractivity contribution in [2.45, 2.75) is 0 Å². The van der Waals surface area contributed by atoms with E-state index in [4.69, 9.17) is 16.1 Å². The van der Waals surface area contributed by atoms with Crippen molar-refractivity contribution in [3.8, 4) is 11.3 Å². The van der Waals surface area contributed by atoms with Gasteiger partial charge in [0.05, 0.1) is 5.39 Å². The molecular formula is C17H10ClNO. The summed E-state index contributed by atoms with van der Waals surface area (Å²) in [6.45, 7) is 0. The minimum atomic E-state index is 0.683. The van der Waals surface area contributed by atoms with Gasteiger partial charge in [0.25, 0.3) is 0 Å². The molecule has 0 aliphatic rings. The fourth-order valence-electron chi connectivity index (χ4n) is 2.53. The number of nitrogens with zero attached hydrogens (tertiary/aromatic N) is 1. The molecule has 0 bridgehead atoms. The van der Waals surface area contributed by atoms with Crippen LogP contribution >= 0.6 is 11.6 Å². The first-order valence-corrected chi connectivity index (χ1v) is 6.74. The third kappa shape index (κ3) is 1.69. The molecule has 0 saturated heterocycles. The zero-order valence-corrected chi connectivity index (χ0v) is 11.3. The van der Waals surface area contributed by atoms with Gasteiger partial charge in [-0.25, -0.2) is 0 Å². The van der Waals surface area contributed by atoms with E-state index in [0.717, 1.165) is 27.6 Å². The van der Waals surface area contributed by atoms with Gasteiger partial charge in [0.15, 0.2) is 5.76 Å². The first-order chi connectivity index (χ1) is 9.83. The summed E-state index contributed by atoms with van der Waals surface area (Å²) in [4.78, 5) is 0. The molecule has 1 aromatic heterocycles. The minimum absolute atomic E-state index is 0.683. The summed E-state index contributed by atoms with van der Waals surface area (Å²) in [7, 11) is 0. The zero-order chi connectivity index (χ0) is 13.5. The smallest absolute Gasteiger partial charge is 0.175 e. The molecule has 4 rings (SSSR count). The molecule has 0 spiro atoms. The van der Waals surface area contributed by atoms with E-state index in [1.807, 2.05) is 42.5 Å². The van der Waals surface area contributed by atoms with Crippen LogP contribution in [0.25, 0.3) is 33.0 Å². The topological polar surface area (TPSA) is 26.0 Å². The summed E-state index contributed by atoms with van der Waals surface area (Å²) in [5.41, 5.74) is 1.85. The molecule has 0 aliphatic heterocycles. The summed E-state index contributed by atoms with van der Waals surface area (Å²) >= 11 is 6.08. The lowest BCUT2D eigenvalue weighted by Crippen LogP contribution is -1.79. The van der Waals surface area contributed by atoms with E-state index in [2.05, 4.69) is 23.4 Å². The normalized spacial score (nSPS) is 11.2. The van der Waals surface area contributed by atoms with Crippen LogP contribution < -0.4 is 0 Å². The first kappa shape index (κ1) is 11.5. The molecule has 20 heavy (non-hydrogen) atoms. The molecule has 3 aromatic carbocycles. The number of halogens is 1. The highest BCUT2D eigenvalue weighted by Crippen LogP contribution is 2.34. The second kappa shape index (κ2) is 4.36. The minimum Gasteiger partial charge on any atom is -0.355 e. The summed E-state index contributed by atoms with van der Waals surface area (Å²) in [6.07, 6.45) is 0. The van der Waals surface area contributed by atoms with E-state index >= 15 is 0 Å².